The molecule has 3 amide bonds. The Hall–Kier alpha value is -1.88. The number of fused-ring (bicyclic) bond motifs is 1. The molecule has 1 heterocycles. The molecule has 1 aromatic carbocycles. The van der Waals surface area contributed by atoms with Gasteiger partial charge in [-0.15, -0.1) is 0 Å². The van der Waals surface area contributed by atoms with Gasteiger partial charge in [0.2, 0.25) is 5.91 Å². The maximum Gasteiger partial charge on any atom is 0.326 e. The quantitative estimate of drug-likeness (QED) is 0.849. The topological polar surface area (TPSA) is 80.5 Å². The normalized spacial score (nSPS) is 21.6. The molecular weight excluding hydrogens is 280 g/mol. The Labute approximate surface area is 120 Å². The van der Waals surface area contributed by atoms with Crippen LogP contribution in [0.4, 0.5) is 10.5 Å². The predicted octanol–water partition coefficient (Wildman–Crippen LogP) is 2.22. The molecule has 20 heavy (non-hydrogen) atoms. The molecule has 0 spiro atoms. The van der Waals surface area contributed by atoms with Crippen LogP contribution in [0.1, 0.15) is 30.7 Å². The van der Waals surface area contributed by atoms with E-state index in [4.69, 9.17) is 17.3 Å². The maximum absolute atomic E-state index is 12.4. The Bertz CT molecular complexity index is 625. The number of amides is 3. The van der Waals surface area contributed by atoms with Gasteiger partial charge in [-0.2, -0.15) is 0 Å². The molecule has 2 aliphatic rings. The van der Waals surface area contributed by atoms with Gasteiger partial charge in [0.05, 0.1) is 5.69 Å². The molecular formula is C14H13ClN2O3. The summed E-state index contributed by atoms with van der Waals surface area (Å²) in [7, 11) is 0. The molecule has 1 fully saturated rings. The SMILES string of the molecule is NC(=O)N1C(=O)C(C(=O)C2CCC2)c2cc(Cl)ccc21. The fraction of sp³-hybridized carbons (Fsp3) is 0.357. The Morgan fingerprint density at radius 3 is 2.55 bits per heavy atom. The van der Waals surface area contributed by atoms with Crippen LogP contribution in [0.3, 0.4) is 0 Å². The number of hydrogen-bond donors (Lipinski definition) is 1. The van der Waals surface area contributed by atoms with Gasteiger partial charge in [0, 0.05) is 10.9 Å². The summed E-state index contributed by atoms with van der Waals surface area (Å²) in [5, 5.41) is 0.425. The first-order valence-electron chi connectivity index (χ1n) is 6.47. The van der Waals surface area contributed by atoms with E-state index < -0.39 is 17.9 Å². The van der Waals surface area contributed by atoms with Crippen LogP contribution in [-0.4, -0.2) is 17.7 Å². The molecule has 0 bridgehead atoms. The molecule has 1 aromatic rings. The van der Waals surface area contributed by atoms with Crippen molar-refractivity contribution in [3.05, 3.63) is 28.8 Å². The molecule has 5 nitrogen and oxygen atoms in total. The van der Waals surface area contributed by atoms with E-state index in [-0.39, 0.29) is 11.7 Å². The summed E-state index contributed by atoms with van der Waals surface area (Å²) < 4.78 is 0. The third-order valence-corrected chi connectivity index (χ3v) is 4.26. The van der Waals surface area contributed by atoms with Crippen LogP contribution < -0.4 is 10.6 Å². The molecule has 0 radical (unpaired) electrons. The van der Waals surface area contributed by atoms with Gasteiger partial charge in [0.15, 0.2) is 5.78 Å². The van der Waals surface area contributed by atoms with Gasteiger partial charge in [-0.1, -0.05) is 18.0 Å². The lowest BCUT2D eigenvalue weighted by Crippen LogP contribution is -2.41. The number of nitrogens with zero attached hydrogens (tertiary/aromatic N) is 1. The first-order chi connectivity index (χ1) is 9.50. The number of anilines is 1. The standard InChI is InChI=1S/C14H13ClN2O3/c15-8-4-5-10-9(6-8)11(12(18)7-2-1-3-7)13(19)17(10)14(16)20/h4-7,11H,1-3H2,(H2,16,20). The van der Waals surface area contributed by atoms with E-state index in [9.17, 15) is 14.4 Å². The second kappa shape index (κ2) is 4.59. The predicted molar refractivity (Wildman–Crippen MR) is 73.6 cm³/mol. The number of carbonyl (C=O) groups excluding carboxylic acids is 3. The number of primary amides is 1. The Morgan fingerprint density at radius 1 is 1.30 bits per heavy atom. The molecule has 104 valence electrons. The van der Waals surface area contributed by atoms with Crippen molar-refractivity contribution in [1.29, 1.82) is 0 Å². The third kappa shape index (κ3) is 1.81. The lowest BCUT2D eigenvalue weighted by atomic mass is 9.76. The van der Waals surface area contributed by atoms with E-state index in [1.165, 1.54) is 0 Å². The number of carbonyl (C=O) groups is 3. The minimum absolute atomic E-state index is 0.0939. The number of rotatable bonds is 2. The van der Waals surface area contributed by atoms with E-state index in [0.29, 0.717) is 16.3 Å². The van der Waals surface area contributed by atoms with E-state index in [1.807, 2.05) is 0 Å². The largest absolute Gasteiger partial charge is 0.351 e. The fourth-order valence-corrected chi connectivity index (χ4v) is 2.95. The van der Waals surface area contributed by atoms with E-state index in [0.717, 1.165) is 24.2 Å². The molecule has 1 atom stereocenters. The summed E-state index contributed by atoms with van der Waals surface area (Å²) in [4.78, 5) is 37.1. The highest BCUT2D eigenvalue weighted by atomic mass is 35.5. The zero-order valence-corrected chi connectivity index (χ0v) is 11.4. The van der Waals surface area contributed by atoms with Crippen molar-refractivity contribution < 1.29 is 14.4 Å². The monoisotopic (exact) mass is 292 g/mol. The lowest BCUT2D eigenvalue weighted by Gasteiger charge is -2.26. The van der Waals surface area contributed by atoms with Crippen molar-refractivity contribution in [3.8, 4) is 0 Å². The number of urea groups is 1. The summed E-state index contributed by atoms with van der Waals surface area (Å²) in [5.41, 5.74) is 6.10. The van der Waals surface area contributed by atoms with Crippen molar-refractivity contribution in [2.24, 2.45) is 11.7 Å². The number of nitrogens with two attached hydrogens (primary N) is 1. The first-order valence-corrected chi connectivity index (χ1v) is 6.85. The van der Waals surface area contributed by atoms with Gasteiger partial charge in [-0.3, -0.25) is 9.59 Å². The van der Waals surface area contributed by atoms with Gasteiger partial charge in [-0.05, 0) is 36.6 Å². The number of ketones is 1. The highest BCUT2D eigenvalue weighted by molar-refractivity contribution is 6.32. The summed E-state index contributed by atoms with van der Waals surface area (Å²) in [6.07, 6.45) is 2.60. The average molecular weight is 293 g/mol. The van der Waals surface area contributed by atoms with Crippen LogP contribution in [0.15, 0.2) is 18.2 Å². The van der Waals surface area contributed by atoms with Gasteiger partial charge < -0.3 is 5.73 Å². The van der Waals surface area contributed by atoms with E-state index >= 15 is 0 Å². The van der Waals surface area contributed by atoms with Gasteiger partial charge in [0.25, 0.3) is 0 Å². The van der Waals surface area contributed by atoms with Crippen molar-refractivity contribution in [1.82, 2.24) is 0 Å². The van der Waals surface area contributed by atoms with Gasteiger partial charge >= 0.3 is 6.03 Å². The number of benzene rings is 1. The van der Waals surface area contributed by atoms with Crippen molar-refractivity contribution >= 4 is 35.0 Å². The minimum atomic E-state index is -0.943. The molecule has 3 rings (SSSR count). The molecule has 1 saturated carbocycles. The van der Waals surface area contributed by atoms with E-state index in [1.54, 1.807) is 18.2 Å². The summed E-state index contributed by atoms with van der Waals surface area (Å²) in [6, 6.07) is 3.81. The van der Waals surface area contributed by atoms with E-state index in [2.05, 4.69) is 0 Å². The Kier molecular flexibility index (Phi) is 3.01. The number of hydrogen-bond acceptors (Lipinski definition) is 3. The maximum atomic E-state index is 12.4. The van der Waals surface area contributed by atoms with Crippen LogP contribution >= 0.6 is 11.6 Å². The second-order valence-electron chi connectivity index (χ2n) is 5.18. The molecule has 0 saturated heterocycles. The van der Waals surface area contributed by atoms with Crippen molar-refractivity contribution in [2.45, 2.75) is 25.2 Å². The summed E-state index contributed by atoms with van der Waals surface area (Å²) >= 11 is 5.94. The number of halogens is 1. The summed E-state index contributed by atoms with van der Waals surface area (Å²) in [6.45, 7) is 0. The second-order valence-corrected chi connectivity index (χ2v) is 5.61. The zero-order chi connectivity index (χ0) is 14.4. The van der Waals surface area contributed by atoms with Gasteiger partial charge in [-0.25, -0.2) is 9.69 Å². The third-order valence-electron chi connectivity index (χ3n) is 4.02. The molecule has 2 N–H and O–H groups in total. The van der Waals surface area contributed by atoms with Crippen LogP contribution in [0, 0.1) is 5.92 Å². The molecule has 1 aliphatic heterocycles. The fourth-order valence-electron chi connectivity index (χ4n) is 2.77. The molecule has 1 unspecified atom stereocenters. The number of Topliss-reactive ketones (excluding diaryl/α,β-unsaturated/α-hetero) is 1. The van der Waals surface area contributed by atoms with Crippen molar-refractivity contribution in [3.63, 3.8) is 0 Å². The van der Waals surface area contributed by atoms with Crippen LogP contribution in [-0.2, 0) is 9.59 Å². The highest BCUT2D eigenvalue weighted by Crippen LogP contribution is 2.43. The Morgan fingerprint density at radius 2 is 2.00 bits per heavy atom. The highest BCUT2D eigenvalue weighted by Gasteiger charge is 2.46. The smallest absolute Gasteiger partial charge is 0.326 e. The Balaban J connectivity index is 2.07. The first kappa shape index (κ1) is 13.1. The van der Waals surface area contributed by atoms with Crippen LogP contribution in [0.2, 0.25) is 5.02 Å². The van der Waals surface area contributed by atoms with Crippen molar-refractivity contribution in [2.75, 3.05) is 4.90 Å². The van der Waals surface area contributed by atoms with Crippen LogP contribution in [0.25, 0.3) is 0 Å². The lowest BCUT2D eigenvalue weighted by molar-refractivity contribution is -0.132. The molecule has 6 heteroatoms. The van der Waals surface area contributed by atoms with Crippen LogP contribution in [0.5, 0.6) is 0 Å². The average Bonchev–Trinajstić information content (AvgIpc) is 2.57. The summed E-state index contributed by atoms with van der Waals surface area (Å²) in [5.74, 6) is -1.73. The van der Waals surface area contributed by atoms with Gasteiger partial charge in [0.1, 0.15) is 5.92 Å². The molecule has 1 aliphatic carbocycles. The minimum Gasteiger partial charge on any atom is -0.351 e. The molecule has 0 aromatic heterocycles. The number of imide groups is 1. The zero-order valence-electron chi connectivity index (χ0n) is 10.6.